The number of nitrogens with zero attached hydrogens (tertiary/aromatic N) is 1. The van der Waals surface area contributed by atoms with Crippen LogP contribution in [-0.4, -0.2) is 40.3 Å². The van der Waals surface area contributed by atoms with E-state index in [1.807, 2.05) is 25.8 Å². The Morgan fingerprint density at radius 2 is 1.88 bits per heavy atom. The molecule has 0 bridgehead atoms. The Morgan fingerprint density at radius 3 is 2.35 bits per heavy atom. The zero-order chi connectivity index (χ0) is 13.1. The third-order valence-electron chi connectivity index (χ3n) is 3.06. The fraction of sp³-hybridized carbons (Fsp3) is 0.462. The molecule has 0 saturated heterocycles. The Bertz CT molecular complexity index is 387. The van der Waals surface area contributed by atoms with E-state index in [9.17, 15) is 9.90 Å². The molecule has 0 unspecified atom stereocenters. The Kier molecular flexibility index (Phi) is 4.71. The van der Waals surface area contributed by atoms with Crippen molar-refractivity contribution in [3.63, 3.8) is 0 Å². The number of carbonyl (C=O) groups is 1. The van der Waals surface area contributed by atoms with Gasteiger partial charge in [0, 0.05) is 17.4 Å². The predicted octanol–water partition coefficient (Wildman–Crippen LogP) is 2.68. The smallest absolute Gasteiger partial charge is 0.182 e. The summed E-state index contributed by atoms with van der Waals surface area (Å²) >= 11 is 3.37. The minimum atomic E-state index is -0.551. The average molecular weight is 300 g/mol. The molecule has 0 aliphatic rings. The first kappa shape index (κ1) is 14.2. The van der Waals surface area contributed by atoms with Gasteiger partial charge in [0.15, 0.2) is 5.78 Å². The number of benzene rings is 1. The highest BCUT2D eigenvalue weighted by molar-refractivity contribution is 9.09. The molecule has 1 N–H and O–H groups in total. The van der Waals surface area contributed by atoms with Gasteiger partial charge in [-0.1, -0.05) is 15.9 Å². The summed E-state index contributed by atoms with van der Waals surface area (Å²) in [7, 11) is 1.93. The van der Waals surface area contributed by atoms with E-state index in [1.54, 1.807) is 12.1 Å². The van der Waals surface area contributed by atoms with Gasteiger partial charge in [-0.2, -0.15) is 0 Å². The number of likely N-dealkylation sites (N-methyl/N-ethyl adjacent to an activating group) is 1. The Balaban J connectivity index is 2.91. The third kappa shape index (κ3) is 3.30. The lowest BCUT2D eigenvalue weighted by Crippen LogP contribution is -2.48. The number of aromatic hydroxyl groups is 1. The maximum Gasteiger partial charge on any atom is 0.182 e. The lowest BCUT2D eigenvalue weighted by Gasteiger charge is -2.33. The van der Waals surface area contributed by atoms with E-state index >= 15 is 0 Å². The number of carbonyl (C=O) groups excluding carboxylic acids is 1. The first-order chi connectivity index (χ1) is 7.89. The fourth-order valence-corrected chi connectivity index (χ4v) is 2.08. The van der Waals surface area contributed by atoms with Crippen molar-refractivity contribution in [3.05, 3.63) is 29.8 Å². The van der Waals surface area contributed by atoms with Crippen LogP contribution in [-0.2, 0) is 0 Å². The molecule has 1 rings (SSSR count). The molecule has 0 saturated carbocycles. The second-order valence-electron chi connectivity index (χ2n) is 4.55. The van der Waals surface area contributed by atoms with Gasteiger partial charge in [0.1, 0.15) is 5.75 Å². The Morgan fingerprint density at radius 1 is 1.35 bits per heavy atom. The minimum Gasteiger partial charge on any atom is -0.508 e. The van der Waals surface area contributed by atoms with Crippen molar-refractivity contribution in [3.8, 4) is 5.75 Å². The van der Waals surface area contributed by atoms with E-state index in [-0.39, 0.29) is 11.5 Å². The van der Waals surface area contributed by atoms with Crippen LogP contribution in [0, 0.1) is 0 Å². The number of phenols is 1. The molecule has 0 aliphatic heterocycles. The van der Waals surface area contributed by atoms with Crippen molar-refractivity contribution in [2.24, 2.45) is 0 Å². The Labute approximate surface area is 111 Å². The maximum atomic E-state index is 12.4. The van der Waals surface area contributed by atoms with Gasteiger partial charge in [-0.3, -0.25) is 9.69 Å². The highest BCUT2D eigenvalue weighted by atomic mass is 79.9. The molecule has 0 aliphatic carbocycles. The number of hydrogen-bond acceptors (Lipinski definition) is 3. The number of ketones is 1. The molecular formula is C13H18BrNO2. The molecule has 4 heteroatoms. The summed E-state index contributed by atoms with van der Waals surface area (Å²) in [6.45, 7) is 4.62. The summed E-state index contributed by atoms with van der Waals surface area (Å²) < 4.78 is 0. The summed E-state index contributed by atoms with van der Waals surface area (Å²) in [6.07, 6.45) is 0. The van der Waals surface area contributed by atoms with E-state index < -0.39 is 5.54 Å². The van der Waals surface area contributed by atoms with E-state index in [2.05, 4.69) is 15.9 Å². The summed E-state index contributed by atoms with van der Waals surface area (Å²) in [5.74, 6) is 0.231. The normalized spacial score (nSPS) is 11.8. The number of alkyl halides is 1. The maximum absolute atomic E-state index is 12.4. The van der Waals surface area contributed by atoms with Crippen LogP contribution in [0.3, 0.4) is 0 Å². The summed E-state index contributed by atoms with van der Waals surface area (Å²) in [5.41, 5.74) is 0.0688. The third-order valence-corrected chi connectivity index (χ3v) is 3.41. The molecule has 0 heterocycles. The molecular weight excluding hydrogens is 282 g/mol. The second kappa shape index (κ2) is 5.65. The quantitative estimate of drug-likeness (QED) is 0.671. The van der Waals surface area contributed by atoms with Crippen LogP contribution in [0.5, 0.6) is 5.75 Å². The van der Waals surface area contributed by atoms with Crippen LogP contribution in [0.25, 0.3) is 0 Å². The van der Waals surface area contributed by atoms with Crippen molar-refractivity contribution in [2.75, 3.05) is 18.9 Å². The number of hydrogen-bond donors (Lipinski definition) is 1. The van der Waals surface area contributed by atoms with Crippen molar-refractivity contribution < 1.29 is 9.90 Å². The van der Waals surface area contributed by atoms with Gasteiger partial charge in [-0.05, 0) is 45.2 Å². The predicted molar refractivity (Wildman–Crippen MR) is 72.9 cm³/mol. The monoisotopic (exact) mass is 299 g/mol. The number of rotatable bonds is 5. The van der Waals surface area contributed by atoms with Crippen molar-refractivity contribution in [2.45, 2.75) is 19.4 Å². The van der Waals surface area contributed by atoms with Gasteiger partial charge in [0.2, 0.25) is 0 Å². The van der Waals surface area contributed by atoms with E-state index in [0.29, 0.717) is 5.56 Å². The zero-order valence-corrected chi connectivity index (χ0v) is 12.0. The molecule has 17 heavy (non-hydrogen) atoms. The standard InChI is InChI=1S/C13H18BrNO2/c1-13(2,15(3)9-8-14)12(17)10-4-6-11(16)7-5-10/h4-7,16H,8-9H2,1-3H3. The van der Waals surface area contributed by atoms with Gasteiger partial charge >= 0.3 is 0 Å². The first-order valence-corrected chi connectivity index (χ1v) is 6.62. The highest BCUT2D eigenvalue weighted by Gasteiger charge is 2.32. The molecule has 0 spiro atoms. The highest BCUT2D eigenvalue weighted by Crippen LogP contribution is 2.20. The van der Waals surface area contributed by atoms with Gasteiger partial charge < -0.3 is 5.11 Å². The van der Waals surface area contributed by atoms with E-state index in [0.717, 1.165) is 11.9 Å². The SMILES string of the molecule is CN(CCBr)C(C)(C)C(=O)c1ccc(O)cc1. The topological polar surface area (TPSA) is 40.5 Å². The lowest BCUT2D eigenvalue weighted by atomic mass is 9.91. The fourth-order valence-electron chi connectivity index (χ4n) is 1.55. The molecule has 0 atom stereocenters. The summed E-state index contributed by atoms with van der Waals surface area (Å²) in [6, 6.07) is 6.38. The average Bonchev–Trinajstić information content (AvgIpc) is 2.29. The first-order valence-electron chi connectivity index (χ1n) is 5.50. The molecule has 3 nitrogen and oxygen atoms in total. The van der Waals surface area contributed by atoms with Gasteiger partial charge in [-0.25, -0.2) is 0 Å². The van der Waals surface area contributed by atoms with E-state index in [1.165, 1.54) is 12.1 Å². The van der Waals surface area contributed by atoms with E-state index in [4.69, 9.17) is 0 Å². The van der Waals surface area contributed by atoms with Crippen LogP contribution in [0.2, 0.25) is 0 Å². The molecule has 94 valence electrons. The van der Waals surface area contributed by atoms with Gasteiger partial charge in [0.05, 0.1) is 5.54 Å². The molecule has 0 fully saturated rings. The van der Waals surface area contributed by atoms with Crippen LogP contribution in [0.15, 0.2) is 24.3 Å². The molecule has 0 aromatic heterocycles. The lowest BCUT2D eigenvalue weighted by molar-refractivity contribution is 0.0721. The van der Waals surface area contributed by atoms with Crippen molar-refractivity contribution in [1.82, 2.24) is 4.90 Å². The number of Topliss-reactive ketones (excluding diaryl/α,β-unsaturated/α-hetero) is 1. The van der Waals surface area contributed by atoms with Gasteiger partial charge in [0.25, 0.3) is 0 Å². The molecule has 0 amide bonds. The molecule has 0 radical (unpaired) electrons. The molecule has 1 aromatic rings. The van der Waals surface area contributed by atoms with Crippen LogP contribution >= 0.6 is 15.9 Å². The second-order valence-corrected chi connectivity index (χ2v) is 5.34. The van der Waals surface area contributed by atoms with Crippen molar-refractivity contribution in [1.29, 1.82) is 0 Å². The number of halogens is 1. The van der Waals surface area contributed by atoms with Crippen LogP contribution in [0.4, 0.5) is 0 Å². The van der Waals surface area contributed by atoms with Crippen LogP contribution < -0.4 is 0 Å². The minimum absolute atomic E-state index is 0.0564. The zero-order valence-electron chi connectivity index (χ0n) is 10.4. The van der Waals surface area contributed by atoms with Crippen molar-refractivity contribution >= 4 is 21.7 Å². The molecule has 1 aromatic carbocycles. The Hall–Kier alpha value is -0.870. The van der Waals surface area contributed by atoms with Crippen LogP contribution in [0.1, 0.15) is 24.2 Å². The number of phenolic OH excluding ortho intramolecular Hbond substituents is 1. The summed E-state index contributed by atoms with van der Waals surface area (Å²) in [5, 5.41) is 10.0. The largest absolute Gasteiger partial charge is 0.508 e. The summed E-state index contributed by atoms with van der Waals surface area (Å²) in [4.78, 5) is 14.4. The van der Waals surface area contributed by atoms with Gasteiger partial charge in [-0.15, -0.1) is 0 Å².